The van der Waals surface area contributed by atoms with Gasteiger partial charge >= 0.3 is 0 Å². The third-order valence-electron chi connectivity index (χ3n) is 3.79. The van der Waals surface area contributed by atoms with E-state index in [-0.39, 0.29) is 0 Å². The van der Waals surface area contributed by atoms with E-state index in [4.69, 9.17) is 4.74 Å². The van der Waals surface area contributed by atoms with Crippen LogP contribution in [0.4, 0.5) is 0 Å². The summed E-state index contributed by atoms with van der Waals surface area (Å²) in [6.45, 7) is 7.24. The molecule has 0 spiro atoms. The first-order chi connectivity index (χ1) is 9.33. The Balaban J connectivity index is 1.97. The molecule has 0 aliphatic carbocycles. The number of ether oxygens (including phenoxy) is 1. The summed E-state index contributed by atoms with van der Waals surface area (Å²) < 4.78 is 7.87. The number of rotatable bonds is 7. The molecule has 2 atom stereocenters. The van der Waals surface area contributed by atoms with Gasteiger partial charge < -0.3 is 10.1 Å². The molecule has 108 valence electrons. The molecule has 0 aromatic carbocycles. The number of nitrogens with one attached hydrogen (secondary N) is 1. The Morgan fingerprint density at radius 3 is 3.00 bits per heavy atom. The third-order valence-corrected chi connectivity index (χ3v) is 3.79. The van der Waals surface area contributed by atoms with Gasteiger partial charge in [0.1, 0.15) is 0 Å². The number of aryl methyl sites for hydroxylation is 1. The molecule has 1 aromatic heterocycles. The largest absolute Gasteiger partial charge is 0.378 e. The lowest BCUT2D eigenvalue weighted by Gasteiger charge is -2.27. The van der Waals surface area contributed by atoms with Crippen LogP contribution in [0.15, 0.2) is 12.4 Å². The lowest BCUT2D eigenvalue weighted by molar-refractivity contribution is 0.00504. The van der Waals surface area contributed by atoms with E-state index in [1.165, 1.54) is 24.8 Å². The molecule has 1 N–H and O–H groups in total. The lowest BCUT2D eigenvalue weighted by Crippen LogP contribution is -2.29. The molecule has 4 nitrogen and oxygen atoms in total. The molecular formula is C15H27N3O. The van der Waals surface area contributed by atoms with Gasteiger partial charge in [0.25, 0.3) is 0 Å². The normalized spacial score (nSPS) is 21.5. The van der Waals surface area contributed by atoms with Crippen molar-refractivity contribution in [3.05, 3.63) is 18.0 Å². The van der Waals surface area contributed by atoms with Crippen LogP contribution in [0.3, 0.4) is 0 Å². The second kappa shape index (κ2) is 7.65. The predicted molar refractivity (Wildman–Crippen MR) is 77.1 cm³/mol. The van der Waals surface area contributed by atoms with Gasteiger partial charge in [-0.05, 0) is 45.6 Å². The zero-order valence-corrected chi connectivity index (χ0v) is 12.3. The van der Waals surface area contributed by atoms with E-state index in [2.05, 4.69) is 30.5 Å². The van der Waals surface area contributed by atoms with Crippen molar-refractivity contribution in [3.63, 3.8) is 0 Å². The zero-order chi connectivity index (χ0) is 13.5. The van der Waals surface area contributed by atoms with Crippen molar-refractivity contribution in [2.75, 3.05) is 13.2 Å². The van der Waals surface area contributed by atoms with E-state index in [1.54, 1.807) is 0 Å². The van der Waals surface area contributed by atoms with Gasteiger partial charge in [-0.15, -0.1) is 0 Å². The van der Waals surface area contributed by atoms with Crippen molar-refractivity contribution >= 4 is 0 Å². The molecule has 2 unspecified atom stereocenters. The van der Waals surface area contributed by atoms with E-state index in [9.17, 15) is 0 Å². The second-order valence-electron chi connectivity index (χ2n) is 5.36. The van der Waals surface area contributed by atoms with Crippen LogP contribution in [0.25, 0.3) is 0 Å². The molecule has 0 amide bonds. The minimum atomic E-state index is 0.378. The Labute approximate surface area is 116 Å². The third kappa shape index (κ3) is 4.32. The number of hydrogen-bond acceptors (Lipinski definition) is 3. The van der Waals surface area contributed by atoms with Gasteiger partial charge in [0, 0.05) is 31.0 Å². The molecular weight excluding hydrogens is 238 g/mol. The highest BCUT2D eigenvalue weighted by Crippen LogP contribution is 2.24. The lowest BCUT2D eigenvalue weighted by atomic mass is 9.98. The molecule has 4 heteroatoms. The van der Waals surface area contributed by atoms with Crippen molar-refractivity contribution in [2.45, 2.75) is 64.6 Å². The first kappa shape index (κ1) is 14.5. The first-order valence-electron chi connectivity index (χ1n) is 7.70. The molecule has 19 heavy (non-hydrogen) atoms. The van der Waals surface area contributed by atoms with Gasteiger partial charge in [-0.1, -0.05) is 6.92 Å². The Bertz CT molecular complexity index is 358. The van der Waals surface area contributed by atoms with Crippen molar-refractivity contribution in [1.82, 2.24) is 15.1 Å². The number of aromatic nitrogens is 2. The maximum absolute atomic E-state index is 5.88. The van der Waals surface area contributed by atoms with E-state index in [1.807, 2.05) is 10.9 Å². The minimum Gasteiger partial charge on any atom is -0.378 e. The maximum Gasteiger partial charge on any atom is 0.0593 e. The van der Waals surface area contributed by atoms with Crippen LogP contribution in [-0.4, -0.2) is 29.0 Å². The van der Waals surface area contributed by atoms with Gasteiger partial charge in [0.15, 0.2) is 0 Å². The molecule has 1 aliphatic rings. The van der Waals surface area contributed by atoms with Crippen molar-refractivity contribution in [1.29, 1.82) is 0 Å². The number of nitrogens with zero attached hydrogens (tertiary/aromatic N) is 2. The molecule has 0 radical (unpaired) electrons. The summed E-state index contributed by atoms with van der Waals surface area (Å²) in [4.78, 5) is 0. The first-order valence-corrected chi connectivity index (χ1v) is 7.70. The van der Waals surface area contributed by atoms with E-state index in [0.29, 0.717) is 12.1 Å². The summed E-state index contributed by atoms with van der Waals surface area (Å²) in [6.07, 6.45) is 10.5. The van der Waals surface area contributed by atoms with Crippen LogP contribution in [0.2, 0.25) is 0 Å². The van der Waals surface area contributed by atoms with Crippen LogP contribution >= 0.6 is 0 Å². The summed E-state index contributed by atoms with van der Waals surface area (Å²) in [5.74, 6) is 0. The van der Waals surface area contributed by atoms with Gasteiger partial charge in [-0.3, -0.25) is 4.68 Å². The van der Waals surface area contributed by atoms with Crippen LogP contribution in [0, 0.1) is 0 Å². The van der Waals surface area contributed by atoms with Crippen LogP contribution < -0.4 is 5.32 Å². The van der Waals surface area contributed by atoms with Gasteiger partial charge in [-0.25, -0.2) is 0 Å². The fourth-order valence-electron chi connectivity index (χ4n) is 2.64. The second-order valence-corrected chi connectivity index (χ2v) is 5.36. The Hall–Kier alpha value is -0.870. The van der Waals surface area contributed by atoms with Crippen LogP contribution in [0.5, 0.6) is 0 Å². The summed E-state index contributed by atoms with van der Waals surface area (Å²) in [7, 11) is 0. The SMILES string of the molecule is CCCNC(CC1CCCCO1)c1cnn(CC)c1. The van der Waals surface area contributed by atoms with Crippen molar-refractivity contribution < 1.29 is 4.74 Å². The summed E-state index contributed by atoms with van der Waals surface area (Å²) >= 11 is 0. The zero-order valence-electron chi connectivity index (χ0n) is 12.3. The fraction of sp³-hybridized carbons (Fsp3) is 0.800. The van der Waals surface area contributed by atoms with Crippen LogP contribution in [-0.2, 0) is 11.3 Å². The average Bonchev–Trinajstić information content (AvgIpc) is 2.93. The quantitative estimate of drug-likeness (QED) is 0.824. The highest BCUT2D eigenvalue weighted by atomic mass is 16.5. The molecule has 1 aliphatic heterocycles. The molecule has 0 saturated carbocycles. The highest BCUT2D eigenvalue weighted by Gasteiger charge is 2.21. The molecule has 1 aromatic rings. The van der Waals surface area contributed by atoms with Crippen LogP contribution in [0.1, 0.15) is 57.6 Å². The fourth-order valence-corrected chi connectivity index (χ4v) is 2.64. The Morgan fingerprint density at radius 1 is 1.47 bits per heavy atom. The molecule has 2 rings (SSSR count). The molecule has 1 saturated heterocycles. The van der Waals surface area contributed by atoms with Crippen molar-refractivity contribution in [3.8, 4) is 0 Å². The topological polar surface area (TPSA) is 39.1 Å². The molecule has 0 bridgehead atoms. The molecule has 2 heterocycles. The van der Waals surface area contributed by atoms with E-state index < -0.39 is 0 Å². The smallest absolute Gasteiger partial charge is 0.0593 e. The Morgan fingerprint density at radius 2 is 2.37 bits per heavy atom. The monoisotopic (exact) mass is 265 g/mol. The minimum absolute atomic E-state index is 0.378. The Kier molecular flexibility index (Phi) is 5.86. The predicted octanol–water partition coefficient (Wildman–Crippen LogP) is 2.90. The van der Waals surface area contributed by atoms with Crippen molar-refractivity contribution in [2.24, 2.45) is 0 Å². The summed E-state index contributed by atoms with van der Waals surface area (Å²) in [5.41, 5.74) is 1.30. The maximum atomic E-state index is 5.88. The van der Waals surface area contributed by atoms with Gasteiger partial charge in [-0.2, -0.15) is 5.10 Å². The van der Waals surface area contributed by atoms with E-state index >= 15 is 0 Å². The number of hydrogen-bond donors (Lipinski definition) is 1. The van der Waals surface area contributed by atoms with Gasteiger partial charge in [0.05, 0.1) is 12.3 Å². The molecule has 1 fully saturated rings. The van der Waals surface area contributed by atoms with Gasteiger partial charge in [0.2, 0.25) is 0 Å². The summed E-state index contributed by atoms with van der Waals surface area (Å²) in [6, 6.07) is 0.378. The summed E-state index contributed by atoms with van der Waals surface area (Å²) in [5, 5.41) is 8.03. The standard InChI is InChI=1S/C15H27N3O/c1-3-8-16-15(10-14-7-5-6-9-19-14)13-11-17-18(4-2)12-13/h11-12,14-16H,3-10H2,1-2H3. The average molecular weight is 265 g/mol. The highest BCUT2D eigenvalue weighted by molar-refractivity contribution is 5.11. The van der Waals surface area contributed by atoms with E-state index in [0.717, 1.165) is 32.5 Å².